The summed E-state index contributed by atoms with van der Waals surface area (Å²) in [5, 5.41) is 2.88. The first kappa shape index (κ1) is 18.0. The van der Waals surface area contributed by atoms with Crippen molar-refractivity contribution in [3.8, 4) is 5.75 Å². The first-order chi connectivity index (χ1) is 11.8. The van der Waals surface area contributed by atoms with Crippen molar-refractivity contribution in [2.75, 3.05) is 32.8 Å². The highest BCUT2D eigenvalue weighted by Crippen LogP contribution is 2.07. The highest BCUT2D eigenvalue weighted by atomic mass is 16.5. The summed E-state index contributed by atoms with van der Waals surface area (Å²) < 4.78 is 5.56. The molecule has 0 unspecified atom stereocenters. The van der Waals surface area contributed by atoms with E-state index in [2.05, 4.69) is 17.4 Å². The lowest BCUT2D eigenvalue weighted by molar-refractivity contribution is -0.122. The second-order valence-corrected chi connectivity index (χ2v) is 5.50. The molecule has 2 aromatic rings. The Morgan fingerprint density at radius 3 is 2.38 bits per heavy atom. The number of amides is 1. The normalized spacial score (nSPS) is 10.6. The Balaban J connectivity index is 1.70. The van der Waals surface area contributed by atoms with Gasteiger partial charge in [0.15, 0.2) is 0 Å². The van der Waals surface area contributed by atoms with E-state index in [1.165, 1.54) is 5.56 Å². The number of hydrogen-bond acceptors (Lipinski definition) is 4. The molecule has 5 heteroatoms. The van der Waals surface area contributed by atoms with Crippen LogP contribution in [-0.4, -0.2) is 43.6 Å². The predicted molar refractivity (Wildman–Crippen MR) is 95.7 cm³/mol. The van der Waals surface area contributed by atoms with Gasteiger partial charge in [-0.05, 0) is 17.7 Å². The van der Waals surface area contributed by atoms with E-state index in [1.54, 1.807) is 0 Å². The summed E-state index contributed by atoms with van der Waals surface area (Å²) in [7, 11) is 0. The molecule has 0 aromatic heterocycles. The first-order valence-corrected chi connectivity index (χ1v) is 8.19. The van der Waals surface area contributed by atoms with Gasteiger partial charge in [-0.3, -0.25) is 9.69 Å². The average Bonchev–Trinajstić information content (AvgIpc) is 2.61. The summed E-state index contributed by atoms with van der Waals surface area (Å²) in [6.07, 6.45) is 0. The maximum Gasteiger partial charge on any atom is 0.234 e. The second kappa shape index (κ2) is 10.4. The summed E-state index contributed by atoms with van der Waals surface area (Å²) in [5.74, 6) is 0.789. The number of ether oxygens (including phenoxy) is 1. The molecule has 0 atom stereocenters. The summed E-state index contributed by atoms with van der Waals surface area (Å²) in [6.45, 7) is 3.18. The highest BCUT2D eigenvalue weighted by Gasteiger charge is 2.10. The Morgan fingerprint density at radius 1 is 1.04 bits per heavy atom. The van der Waals surface area contributed by atoms with Crippen LogP contribution in [-0.2, 0) is 11.3 Å². The smallest absolute Gasteiger partial charge is 0.234 e. The van der Waals surface area contributed by atoms with Crippen molar-refractivity contribution in [3.63, 3.8) is 0 Å². The lowest BCUT2D eigenvalue weighted by atomic mass is 10.2. The van der Waals surface area contributed by atoms with Crippen LogP contribution in [0.3, 0.4) is 0 Å². The predicted octanol–water partition coefficient (Wildman–Crippen LogP) is 1.64. The van der Waals surface area contributed by atoms with E-state index in [9.17, 15) is 4.79 Å². The van der Waals surface area contributed by atoms with Gasteiger partial charge in [-0.25, -0.2) is 0 Å². The van der Waals surface area contributed by atoms with Gasteiger partial charge in [-0.15, -0.1) is 0 Å². The van der Waals surface area contributed by atoms with E-state index in [0.29, 0.717) is 39.3 Å². The van der Waals surface area contributed by atoms with Crippen molar-refractivity contribution >= 4 is 5.91 Å². The van der Waals surface area contributed by atoms with Crippen LogP contribution in [0.2, 0.25) is 0 Å². The molecule has 0 saturated carbocycles. The molecule has 2 rings (SSSR count). The van der Waals surface area contributed by atoms with Crippen LogP contribution in [0, 0.1) is 0 Å². The number of hydrogen-bond donors (Lipinski definition) is 2. The summed E-state index contributed by atoms with van der Waals surface area (Å²) in [6, 6.07) is 19.6. The van der Waals surface area contributed by atoms with E-state index in [4.69, 9.17) is 10.5 Å². The van der Waals surface area contributed by atoms with Crippen molar-refractivity contribution in [2.24, 2.45) is 5.73 Å². The number of carbonyl (C=O) groups is 1. The number of nitrogens with one attached hydrogen (secondary N) is 1. The molecular formula is C19H25N3O2. The minimum absolute atomic E-state index is 0.0176. The summed E-state index contributed by atoms with van der Waals surface area (Å²) >= 11 is 0. The van der Waals surface area contributed by atoms with Crippen LogP contribution < -0.4 is 15.8 Å². The lowest BCUT2D eigenvalue weighted by Gasteiger charge is -2.21. The molecule has 128 valence electrons. The molecule has 0 spiro atoms. The largest absolute Gasteiger partial charge is 0.492 e. The molecule has 0 fully saturated rings. The van der Waals surface area contributed by atoms with E-state index < -0.39 is 0 Å². The molecule has 0 aliphatic heterocycles. The number of para-hydroxylation sites is 1. The zero-order valence-electron chi connectivity index (χ0n) is 13.9. The molecule has 0 saturated heterocycles. The van der Waals surface area contributed by atoms with Gasteiger partial charge in [-0.1, -0.05) is 48.5 Å². The van der Waals surface area contributed by atoms with E-state index >= 15 is 0 Å². The van der Waals surface area contributed by atoms with Gasteiger partial charge < -0.3 is 15.8 Å². The van der Waals surface area contributed by atoms with Crippen LogP contribution in [0.4, 0.5) is 0 Å². The van der Waals surface area contributed by atoms with Gasteiger partial charge in [0, 0.05) is 19.6 Å². The van der Waals surface area contributed by atoms with Crippen LogP contribution in [0.25, 0.3) is 0 Å². The molecule has 24 heavy (non-hydrogen) atoms. The fourth-order valence-corrected chi connectivity index (χ4v) is 2.37. The fraction of sp³-hybridized carbons (Fsp3) is 0.316. The number of rotatable bonds is 10. The molecule has 0 heterocycles. The molecule has 0 aliphatic rings. The number of benzene rings is 2. The van der Waals surface area contributed by atoms with Crippen LogP contribution in [0.5, 0.6) is 5.75 Å². The highest BCUT2D eigenvalue weighted by molar-refractivity contribution is 5.78. The maximum absolute atomic E-state index is 12.1. The van der Waals surface area contributed by atoms with Gasteiger partial charge >= 0.3 is 0 Å². The standard InChI is InChI=1S/C19H25N3O2/c20-11-13-22(15-17-7-3-1-4-8-17)16-19(23)21-12-14-24-18-9-5-2-6-10-18/h1-10H,11-16,20H2,(H,21,23). The number of nitrogens with zero attached hydrogens (tertiary/aromatic N) is 1. The summed E-state index contributed by atoms with van der Waals surface area (Å²) in [4.78, 5) is 14.1. The third kappa shape index (κ3) is 6.81. The van der Waals surface area contributed by atoms with Crippen LogP contribution in [0.15, 0.2) is 60.7 Å². The topological polar surface area (TPSA) is 67.6 Å². The average molecular weight is 327 g/mol. The fourth-order valence-electron chi connectivity index (χ4n) is 2.37. The molecule has 5 nitrogen and oxygen atoms in total. The van der Waals surface area contributed by atoms with Crippen molar-refractivity contribution in [3.05, 3.63) is 66.2 Å². The van der Waals surface area contributed by atoms with Gasteiger partial charge in [-0.2, -0.15) is 0 Å². The monoisotopic (exact) mass is 327 g/mol. The van der Waals surface area contributed by atoms with E-state index in [0.717, 1.165) is 5.75 Å². The van der Waals surface area contributed by atoms with Crippen LogP contribution >= 0.6 is 0 Å². The SMILES string of the molecule is NCCN(CC(=O)NCCOc1ccccc1)Cc1ccccc1. The molecule has 3 N–H and O–H groups in total. The Labute approximate surface area is 143 Å². The summed E-state index contributed by atoms with van der Waals surface area (Å²) in [5.41, 5.74) is 6.82. The third-order valence-corrected chi connectivity index (χ3v) is 3.50. The second-order valence-electron chi connectivity index (χ2n) is 5.50. The minimum atomic E-state index is -0.0176. The third-order valence-electron chi connectivity index (χ3n) is 3.50. The zero-order chi connectivity index (χ0) is 17.0. The van der Waals surface area contributed by atoms with E-state index in [1.807, 2.05) is 53.4 Å². The Bertz CT molecular complexity index is 590. The Kier molecular flexibility index (Phi) is 7.80. The molecule has 0 bridgehead atoms. The van der Waals surface area contributed by atoms with Crippen molar-refractivity contribution in [1.29, 1.82) is 0 Å². The van der Waals surface area contributed by atoms with Gasteiger partial charge in [0.25, 0.3) is 0 Å². The molecule has 2 aromatic carbocycles. The van der Waals surface area contributed by atoms with Crippen LogP contribution in [0.1, 0.15) is 5.56 Å². The van der Waals surface area contributed by atoms with Crippen molar-refractivity contribution in [1.82, 2.24) is 10.2 Å². The first-order valence-electron chi connectivity index (χ1n) is 8.19. The molecular weight excluding hydrogens is 302 g/mol. The van der Waals surface area contributed by atoms with Gasteiger partial charge in [0.05, 0.1) is 13.1 Å². The quantitative estimate of drug-likeness (QED) is 0.651. The van der Waals surface area contributed by atoms with Gasteiger partial charge in [0.2, 0.25) is 5.91 Å². The minimum Gasteiger partial charge on any atom is -0.492 e. The number of carbonyl (C=O) groups excluding carboxylic acids is 1. The molecule has 0 aliphatic carbocycles. The Hall–Kier alpha value is -2.37. The van der Waals surface area contributed by atoms with Gasteiger partial charge in [0.1, 0.15) is 12.4 Å². The van der Waals surface area contributed by atoms with Crippen molar-refractivity contribution < 1.29 is 9.53 Å². The Morgan fingerprint density at radius 2 is 1.71 bits per heavy atom. The van der Waals surface area contributed by atoms with E-state index in [-0.39, 0.29) is 5.91 Å². The zero-order valence-corrected chi connectivity index (χ0v) is 13.9. The molecule has 1 amide bonds. The maximum atomic E-state index is 12.1. The molecule has 0 radical (unpaired) electrons. The lowest BCUT2D eigenvalue weighted by Crippen LogP contribution is -2.40. The number of nitrogens with two attached hydrogens (primary N) is 1. The van der Waals surface area contributed by atoms with Crippen molar-refractivity contribution in [2.45, 2.75) is 6.54 Å².